The van der Waals surface area contributed by atoms with Gasteiger partial charge in [-0.1, -0.05) is 27.2 Å². The van der Waals surface area contributed by atoms with Gasteiger partial charge in [-0.05, 0) is 31.1 Å². The molecule has 0 saturated carbocycles. The zero-order valence-corrected chi connectivity index (χ0v) is 11.3. The van der Waals surface area contributed by atoms with E-state index in [1.807, 2.05) is 11.8 Å². The molecule has 96 valence electrons. The first-order chi connectivity index (χ1) is 8.10. The number of likely N-dealkylation sites (tertiary alicyclic amines) is 1. The molecule has 1 fully saturated rings. The van der Waals surface area contributed by atoms with Crippen molar-refractivity contribution in [3.8, 4) is 6.07 Å². The molecule has 0 aliphatic carbocycles. The highest BCUT2D eigenvalue weighted by Crippen LogP contribution is 2.25. The lowest BCUT2D eigenvalue weighted by Gasteiger charge is -2.34. The van der Waals surface area contributed by atoms with Gasteiger partial charge in [0, 0.05) is 13.1 Å². The Kier molecular flexibility index (Phi) is 5.47. The quantitative estimate of drug-likeness (QED) is 0.753. The van der Waals surface area contributed by atoms with Crippen LogP contribution in [0.1, 0.15) is 46.5 Å². The number of rotatable bonds is 4. The second-order valence-corrected chi connectivity index (χ2v) is 5.38. The van der Waals surface area contributed by atoms with Crippen molar-refractivity contribution in [1.82, 2.24) is 4.90 Å². The van der Waals surface area contributed by atoms with Crippen molar-refractivity contribution in [1.29, 1.82) is 5.26 Å². The third-order valence-corrected chi connectivity index (χ3v) is 3.83. The van der Waals surface area contributed by atoms with E-state index in [1.165, 1.54) is 0 Å². The first-order valence-corrected chi connectivity index (χ1v) is 6.78. The molecule has 3 nitrogen and oxygen atoms in total. The monoisotopic (exact) mass is 236 g/mol. The Bertz CT molecular complexity index is 285. The number of amides is 1. The van der Waals surface area contributed by atoms with Gasteiger partial charge in [0.1, 0.15) is 5.92 Å². The van der Waals surface area contributed by atoms with E-state index in [1.54, 1.807) is 0 Å². The summed E-state index contributed by atoms with van der Waals surface area (Å²) >= 11 is 0. The largest absolute Gasteiger partial charge is 0.342 e. The van der Waals surface area contributed by atoms with E-state index >= 15 is 0 Å². The van der Waals surface area contributed by atoms with Gasteiger partial charge in [-0.3, -0.25) is 4.79 Å². The minimum atomic E-state index is -0.421. The summed E-state index contributed by atoms with van der Waals surface area (Å²) < 4.78 is 0. The minimum absolute atomic E-state index is 0.0524. The fraction of sp³-hybridized carbons (Fsp3) is 0.857. The number of piperidine rings is 1. The van der Waals surface area contributed by atoms with Gasteiger partial charge in [0.15, 0.2) is 0 Å². The lowest BCUT2D eigenvalue weighted by molar-refractivity contribution is -0.135. The fourth-order valence-electron chi connectivity index (χ4n) is 2.54. The summed E-state index contributed by atoms with van der Waals surface area (Å²) in [4.78, 5) is 14.0. The Morgan fingerprint density at radius 2 is 2.00 bits per heavy atom. The van der Waals surface area contributed by atoms with Crippen molar-refractivity contribution in [2.75, 3.05) is 13.1 Å². The Balaban J connectivity index is 2.48. The number of carbonyl (C=O) groups is 1. The van der Waals surface area contributed by atoms with Crippen LogP contribution >= 0.6 is 0 Å². The molecule has 0 radical (unpaired) electrons. The van der Waals surface area contributed by atoms with Crippen LogP contribution in [0.25, 0.3) is 0 Å². The molecule has 1 unspecified atom stereocenters. The SMILES string of the molecule is CCCC(C#N)C(=O)N1CCC(C(C)C)CC1. The number of nitriles is 1. The van der Waals surface area contributed by atoms with Crippen molar-refractivity contribution in [2.45, 2.75) is 46.5 Å². The zero-order valence-electron chi connectivity index (χ0n) is 11.3. The maximum atomic E-state index is 12.1. The normalized spacial score (nSPS) is 19.1. The minimum Gasteiger partial charge on any atom is -0.342 e. The summed E-state index contributed by atoms with van der Waals surface area (Å²) in [6.45, 7) is 8.18. The molecule has 1 saturated heterocycles. The highest BCUT2D eigenvalue weighted by Gasteiger charge is 2.28. The van der Waals surface area contributed by atoms with Gasteiger partial charge in [-0.2, -0.15) is 5.26 Å². The summed E-state index contributed by atoms with van der Waals surface area (Å²) in [6, 6.07) is 2.14. The van der Waals surface area contributed by atoms with E-state index in [-0.39, 0.29) is 5.91 Å². The van der Waals surface area contributed by atoms with Crippen molar-refractivity contribution in [3.63, 3.8) is 0 Å². The highest BCUT2D eigenvalue weighted by molar-refractivity contribution is 5.81. The van der Waals surface area contributed by atoms with Gasteiger partial charge >= 0.3 is 0 Å². The smallest absolute Gasteiger partial charge is 0.239 e. The molecule has 0 spiro atoms. The number of nitrogens with zero attached hydrogens (tertiary/aromatic N) is 2. The lowest BCUT2D eigenvalue weighted by atomic mass is 9.86. The molecule has 3 heteroatoms. The molecule has 0 bridgehead atoms. The van der Waals surface area contributed by atoms with Gasteiger partial charge in [-0.25, -0.2) is 0 Å². The summed E-state index contributed by atoms with van der Waals surface area (Å²) in [6.07, 6.45) is 3.77. The van der Waals surface area contributed by atoms with Crippen LogP contribution in [-0.4, -0.2) is 23.9 Å². The van der Waals surface area contributed by atoms with Crippen LogP contribution in [0.15, 0.2) is 0 Å². The first-order valence-electron chi connectivity index (χ1n) is 6.78. The van der Waals surface area contributed by atoms with Crippen LogP contribution in [-0.2, 0) is 4.79 Å². The van der Waals surface area contributed by atoms with E-state index in [0.29, 0.717) is 12.3 Å². The van der Waals surface area contributed by atoms with Crippen molar-refractivity contribution in [2.24, 2.45) is 17.8 Å². The molecule has 1 atom stereocenters. The average Bonchev–Trinajstić information content (AvgIpc) is 2.35. The summed E-state index contributed by atoms with van der Waals surface area (Å²) in [5, 5.41) is 9.00. The summed E-state index contributed by atoms with van der Waals surface area (Å²) in [5.41, 5.74) is 0. The molecule has 1 aliphatic rings. The molecule has 0 aromatic rings. The van der Waals surface area contributed by atoms with E-state index in [4.69, 9.17) is 5.26 Å². The number of hydrogen-bond donors (Lipinski definition) is 0. The van der Waals surface area contributed by atoms with Gasteiger partial charge in [0.05, 0.1) is 6.07 Å². The standard InChI is InChI=1S/C14H24N2O/c1-4-5-13(10-15)14(17)16-8-6-12(7-9-16)11(2)3/h11-13H,4-9H2,1-3H3. The van der Waals surface area contributed by atoms with E-state index < -0.39 is 5.92 Å². The van der Waals surface area contributed by atoms with Crippen LogP contribution in [0.3, 0.4) is 0 Å². The molecular weight excluding hydrogens is 212 g/mol. The second-order valence-electron chi connectivity index (χ2n) is 5.38. The molecule has 17 heavy (non-hydrogen) atoms. The number of carbonyl (C=O) groups excluding carboxylic acids is 1. The molecule has 0 aromatic heterocycles. The van der Waals surface area contributed by atoms with Gasteiger partial charge < -0.3 is 4.90 Å². The second kappa shape index (κ2) is 6.64. The van der Waals surface area contributed by atoms with Gasteiger partial charge in [-0.15, -0.1) is 0 Å². The molecule has 0 N–H and O–H groups in total. The number of hydrogen-bond acceptors (Lipinski definition) is 2. The van der Waals surface area contributed by atoms with Crippen LogP contribution in [0.5, 0.6) is 0 Å². The lowest BCUT2D eigenvalue weighted by Crippen LogP contribution is -2.42. The highest BCUT2D eigenvalue weighted by atomic mass is 16.2. The topological polar surface area (TPSA) is 44.1 Å². The van der Waals surface area contributed by atoms with E-state index in [0.717, 1.165) is 38.3 Å². The summed E-state index contributed by atoms with van der Waals surface area (Å²) in [7, 11) is 0. The third-order valence-electron chi connectivity index (χ3n) is 3.83. The van der Waals surface area contributed by atoms with Gasteiger partial charge in [0.25, 0.3) is 0 Å². The molecular formula is C14H24N2O. The van der Waals surface area contributed by atoms with Crippen molar-refractivity contribution in [3.05, 3.63) is 0 Å². The third kappa shape index (κ3) is 3.73. The Labute approximate surface area is 105 Å². The molecule has 1 aliphatic heterocycles. The van der Waals surface area contributed by atoms with Crippen molar-refractivity contribution < 1.29 is 4.79 Å². The predicted molar refractivity (Wildman–Crippen MR) is 68.2 cm³/mol. The molecule has 1 rings (SSSR count). The van der Waals surface area contributed by atoms with Gasteiger partial charge in [0.2, 0.25) is 5.91 Å². The fourth-order valence-corrected chi connectivity index (χ4v) is 2.54. The maximum Gasteiger partial charge on any atom is 0.239 e. The van der Waals surface area contributed by atoms with E-state index in [9.17, 15) is 4.79 Å². The first kappa shape index (κ1) is 14.0. The molecule has 0 aromatic carbocycles. The van der Waals surface area contributed by atoms with Crippen LogP contribution < -0.4 is 0 Å². The van der Waals surface area contributed by atoms with Crippen LogP contribution in [0.4, 0.5) is 0 Å². The zero-order chi connectivity index (χ0) is 12.8. The Morgan fingerprint density at radius 3 is 2.41 bits per heavy atom. The predicted octanol–water partition coefficient (Wildman–Crippen LogP) is 2.82. The van der Waals surface area contributed by atoms with Crippen molar-refractivity contribution >= 4 is 5.91 Å². The maximum absolute atomic E-state index is 12.1. The van der Waals surface area contributed by atoms with Crippen LogP contribution in [0, 0.1) is 29.1 Å². The Hall–Kier alpha value is -1.04. The molecule has 1 heterocycles. The average molecular weight is 236 g/mol. The Morgan fingerprint density at radius 1 is 1.41 bits per heavy atom. The molecule has 1 amide bonds. The van der Waals surface area contributed by atoms with E-state index in [2.05, 4.69) is 19.9 Å². The van der Waals surface area contributed by atoms with Crippen LogP contribution in [0.2, 0.25) is 0 Å². The summed E-state index contributed by atoms with van der Waals surface area (Å²) in [5.74, 6) is 1.08.